The second-order valence-electron chi connectivity index (χ2n) is 3.50. The molecule has 15 heavy (non-hydrogen) atoms. The fraction of sp³-hybridized carbons (Fsp3) is 0.600. The first-order valence-corrected chi connectivity index (χ1v) is 4.87. The number of carboxylic acids is 1. The summed E-state index contributed by atoms with van der Waals surface area (Å²) in [7, 11) is 0. The fourth-order valence-corrected chi connectivity index (χ4v) is 1.05. The number of hydrogen-bond acceptors (Lipinski definition) is 3. The molecule has 0 aliphatic carbocycles. The van der Waals surface area contributed by atoms with E-state index in [9.17, 15) is 4.79 Å². The summed E-state index contributed by atoms with van der Waals surface area (Å²) in [4.78, 5) is 14.6. The molecule has 0 saturated heterocycles. The van der Waals surface area contributed by atoms with Gasteiger partial charge in [0, 0.05) is 13.0 Å². The van der Waals surface area contributed by atoms with Gasteiger partial charge in [0.1, 0.15) is 6.04 Å². The minimum Gasteiger partial charge on any atom is -0.480 e. The lowest BCUT2D eigenvalue weighted by Crippen LogP contribution is -2.36. The Hall–Kier alpha value is -1.36. The number of nitrogens with two attached hydrogens (primary N) is 2. The van der Waals surface area contributed by atoms with Gasteiger partial charge in [-0.05, 0) is 12.3 Å². The molecule has 5 N–H and O–H groups in total. The molecule has 86 valence electrons. The molecule has 0 aromatic rings. The summed E-state index contributed by atoms with van der Waals surface area (Å²) < 4.78 is 0. The molecule has 0 fully saturated rings. The van der Waals surface area contributed by atoms with E-state index in [1.807, 2.05) is 0 Å². The molecule has 0 amide bonds. The van der Waals surface area contributed by atoms with E-state index in [0.29, 0.717) is 25.2 Å². The predicted molar refractivity (Wildman–Crippen MR) is 60.7 cm³/mol. The van der Waals surface area contributed by atoms with E-state index in [1.54, 1.807) is 13.0 Å². The molecule has 0 spiro atoms. The summed E-state index contributed by atoms with van der Waals surface area (Å²) in [6, 6.07) is -0.833. The zero-order valence-electron chi connectivity index (χ0n) is 9.02. The number of amidine groups is 1. The van der Waals surface area contributed by atoms with Gasteiger partial charge in [-0.25, -0.2) is 0 Å². The first-order chi connectivity index (χ1) is 6.99. The number of rotatable bonds is 7. The van der Waals surface area contributed by atoms with Gasteiger partial charge in [-0.3, -0.25) is 9.79 Å². The Kier molecular flexibility index (Phi) is 6.37. The largest absolute Gasteiger partial charge is 0.480 e. The zero-order chi connectivity index (χ0) is 11.8. The van der Waals surface area contributed by atoms with Gasteiger partial charge in [-0.1, -0.05) is 13.0 Å². The highest BCUT2D eigenvalue weighted by Crippen LogP contribution is 2.06. The van der Waals surface area contributed by atoms with Crippen LogP contribution in [0.3, 0.4) is 0 Å². The lowest BCUT2D eigenvalue weighted by molar-refractivity contribution is -0.139. The number of hydrogen-bond donors (Lipinski definition) is 3. The van der Waals surface area contributed by atoms with Crippen LogP contribution in [-0.2, 0) is 4.79 Å². The lowest BCUT2D eigenvalue weighted by atomic mass is 9.99. The monoisotopic (exact) mass is 213 g/mol. The van der Waals surface area contributed by atoms with E-state index >= 15 is 0 Å². The second-order valence-corrected chi connectivity index (χ2v) is 3.50. The average Bonchev–Trinajstić information content (AvgIpc) is 2.16. The predicted octanol–water partition coefficient (Wildman–Crippen LogP) is 0.358. The molecule has 0 aliphatic rings. The van der Waals surface area contributed by atoms with E-state index < -0.39 is 12.0 Å². The fourth-order valence-electron chi connectivity index (χ4n) is 1.05. The van der Waals surface area contributed by atoms with Crippen LogP contribution in [0, 0.1) is 5.92 Å². The SMILES string of the molecule is C=CCC(N)=NCCC(C)[C@H](N)C(=O)O. The van der Waals surface area contributed by atoms with Crippen molar-refractivity contribution in [2.24, 2.45) is 22.4 Å². The van der Waals surface area contributed by atoms with Crippen LogP contribution in [0.4, 0.5) is 0 Å². The summed E-state index contributed by atoms with van der Waals surface area (Å²) in [5, 5.41) is 8.65. The van der Waals surface area contributed by atoms with E-state index in [2.05, 4.69) is 11.6 Å². The summed E-state index contributed by atoms with van der Waals surface area (Å²) >= 11 is 0. The summed E-state index contributed by atoms with van der Waals surface area (Å²) in [5.41, 5.74) is 11.0. The summed E-state index contributed by atoms with van der Waals surface area (Å²) in [6.45, 7) is 5.83. The second kappa shape index (κ2) is 7.00. The number of nitrogens with zero attached hydrogens (tertiary/aromatic N) is 1. The minimum atomic E-state index is -0.981. The molecule has 0 saturated carbocycles. The Balaban J connectivity index is 3.90. The molecule has 0 rings (SSSR count). The van der Waals surface area contributed by atoms with Gasteiger partial charge in [0.05, 0.1) is 5.84 Å². The Labute approximate surface area is 89.9 Å². The van der Waals surface area contributed by atoms with Crippen molar-refractivity contribution in [2.45, 2.75) is 25.8 Å². The first kappa shape index (κ1) is 13.6. The van der Waals surface area contributed by atoms with Crippen LogP contribution in [0.5, 0.6) is 0 Å². The molecule has 0 aromatic carbocycles. The quantitative estimate of drug-likeness (QED) is 0.323. The van der Waals surface area contributed by atoms with Crippen LogP contribution in [0.15, 0.2) is 17.6 Å². The molecular formula is C10H19N3O2. The van der Waals surface area contributed by atoms with Gasteiger partial charge in [0.25, 0.3) is 0 Å². The number of aliphatic imine (C=N–C) groups is 1. The maximum Gasteiger partial charge on any atom is 0.320 e. The first-order valence-electron chi connectivity index (χ1n) is 4.87. The molecule has 5 nitrogen and oxygen atoms in total. The van der Waals surface area contributed by atoms with Gasteiger partial charge in [-0.15, -0.1) is 6.58 Å². The number of aliphatic carboxylic acids is 1. The van der Waals surface area contributed by atoms with Gasteiger partial charge in [-0.2, -0.15) is 0 Å². The topological polar surface area (TPSA) is 102 Å². The van der Waals surface area contributed by atoms with Gasteiger partial charge < -0.3 is 16.6 Å². The Morgan fingerprint density at radius 3 is 2.73 bits per heavy atom. The molecule has 0 aromatic heterocycles. The molecule has 0 bridgehead atoms. The Morgan fingerprint density at radius 2 is 2.27 bits per heavy atom. The van der Waals surface area contributed by atoms with Gasteiger partial charge >= 0.3 is 5.97 Å². The molecular weight excluding hydrogens is 194 g/mol. The standard InChI is InChI=1S/C10H19N3O2/c1-3-4-8(11)13-6-5-7(2)9(12)10(14)15/h3,7,9H,1,4-6,12H2,2H3,(H2,11,13)(H,14,15)/t7?,9-/m0/s1. The van der Waals surface area contributed by atoms with Crippen molar-refractivity contribution in [1.29, 1.82) is 0 Å². The zero-order valence-corrected chi connectivity index (χ0v) is 9.02. The maximum atomic E-state index is 10.5. The van der Waals surface area contributed by atoms with Crippen molar-refractivity contribution >= 4 is 11.8 Å². The van der Waals surface area contributed by atoms with Crippen molar-refractivity contribution in [3.8, 4) is 0 Å². The molecule has 2 atom stereocenters. The van der Waals surface area contributed by atoms with Gasteiger partial charge in [0.15, 0.2) is 0 Å². The van der Waals surface area contributed by atoms with Crippen LogP contribution in [0.1, 0.15) is 19.8 Å². The van der Waals surface area contributed by atoms with Crippen molar-refractivity contribution in [1.82, 2.24) is 0 Å². The molecule has 0 aliphatic heterocycles. The highest BCUT2D eigenvalue weighted by molar-refractivity contribution is 5.81. The minimum absolute atomic E-state index is 0.109. The van der Waals surface area contributed by atoms with E-state index in [0.717, 1.165) is 0 Å². The molecule has 1 unspecified atom stereocenters. The van der Waals surface area contributed by atoms with E-state index in [1.165, 1.54) is 0 Å². The van der Waals surface area contributed by atoms with Crippen LogP contribution in [0.25, 0.3) is 0 Å². The number of carbonyl (C=O) groups is 1. The smallest absolute Gasteiger partial charge is 0.320 e. The molecule has 0 heterocycles. The molecule has 0 radical (unpaired) electrons. The third-order valence-electron chi connectivity index (χ3n) is 2.15. The summed E-state index contributed by atoms with van der Waals surface area (Å²) in [6.07, 6.45) is 2.84. The summed E-state index contributed by atoms with van der Waals surface area (Å²) in [5.74, 6) is -0.575. The van der Waals surface area contributed by atoms with Gasteiger partial charge in [0.2, 0.25) is 0 Å². The van der Waals surface area contributed by atoms with Crippen LogP contribution in [0.2, 0.25) is 0 Å². The number of carboxylic acid groups (broad SMARTS) is 1. The Morgan fingerprint density at radius 1 is 1.67 bits per heavy atom. The normalized spacial score (nSPS) is 15.7. The third-order valence-corrected chi connectivity index (χ3v) is 2.15. The van der Waals surface area contributed by atoms with Crippen LogP contribution < -0.4 is 11.5 Å². The average molecular weight is 213 g/mol. The highest BCUT2D eigenvalue weighted by Gasteiger charge is 2.18. The highest BCUT2D eigenvalue weighted by atomic mass is 16.4. The van der Waals surface area contributed by atoms with E-state index in [4.69, 9.17) is 16.6 Å². The third kappa shape index (κ3) is 5.85. The van der Waals surface area contributed by atoms with E-state index in [-0.39, 0.29) is 5.92 Å². The Bertz CT molecular complexity index is 251. The lowest BCUT2D eigenvalue weighted by Gasteiger charge is -2.14. The van der Waals surface area contributed by atoms with Crippen LogP contribution >= 0.6 is 0 Å². The van der Waals surface area contributed by atoms with Crippen molar-refractivity contribution in [2.75, 3.05) is 6.54 Å². The van der Waals surface area contributed by atoms with Crippen LogP contribution in [-0.4, -0.2) is 29.5 Å². The van der Waals surface area contributed by atoms with Crippen molar-refractivity contribution in [3.05, 3.63) is 12.7 Å². The van der Waals surface area contributed by atoms with Crippen molar-refractivity contribution < 1.29 is 9.90 Å². The van der Waals surface area contributed by atoms with Crippen molar-refractivity contribution in [3.63, 3.8) is 0 Å². The molecule has 5 heteroatoms. The maximum absolute atomic E-state index is 10.5.